The molecule has 1 heterocycles. The number of hydrogen-bond acceptors (Lipinski definition) is 5. The monoisotopic (exact) mass is 412 g/mol. The molecule has 158 valence electrons. The third kappa shape index (κ3) is 5.32. The fourth-order valence-electron chi connectivity index (χ4n) is 3.58. The van der Waals surface area contributed by atoms with Gasteiger partial charge in [-0.3, -0.25) is 0 Å². The first-order chi connectivity index (χ1) is 14.5. The molecule has 0 bridgehead atoms. The highest BCUT2D eigenvalue weighted by Crippen LogP contribution is 2.26. The van der Waals surface area contributed by atoms with E-state index in [2.05, 4.69) is 10.6 Å². The lowest BCUT2D eigenvalue weighted by atomic mass is 10.0. The summed E-state index contributed by atoms with van der Waals surface area (Å²) in [6, 6.07) is 11.1. The molecule has 3 rings (SSSR count). The second-order valence-corrected chi connectivity index (χ2v) is 7.22. The Morgan fingerprint density at radius 1 is 1.37 bits per heavy atom. The van der Waals surface area contributed by atoms with Crippen molar-refractivity contribution in [2.24, 2.45) is 0 Å². The molecule has 0 saturated carbocycles. The van der Waals surface area contributed by atoms with Gasteiger partial charge in [-0.2, -0.15) is 5.26 Å². The minimum atomic E-state index is -0.427. The summed E-state index contributed by atoms with van der Waals surface area (Å²) >= 11 is 0. The second-order valence-electron chi connectivity index (χ2n) is 7.22. The van der Waals surface area contributed by atoms with E-state index < -0.39 is 5.82 Å². The van der Waals surface area contributed by atoms with Gasteiger partial charge in [0.2, 0.25) is 0 Å². The molecular weight excluding hydrogens is 387 g/mol. The zero-order valence-corrected chi connectivity index (χ0v) is 16.8. The first-order valence-corrected chi connectivity index (χ1v) is 9.85. The number of piperidine rings is 1. The molecule has 2 aromatic carbocycles. The predicted molar refractivity (Wildman–Crippen MR) is 111 cm³/mol. The minimum absolute atomic E-state index is 0.0764. The minimum Gasteiger partial charge on any atom is -0.504 e. The van der Waals surface area contributed by atoms with E-state index in [1.54, 1.807) is 30.3 Å². The van der Waals surface area contributed by atoms with Gasteiger partial charge in [0.1, 0.15) is 5.82 Å². The second kappa shape index (κ2) is 9.83. The number of benzene rings is 2. The van der Waals surface area contributed by atoms with Crippen LogP contribution in [0, 0.1) is 17.1 Å². The molecule has 1 saturated heterocycles. The Kier molecular flexibility index (Phi) is 6.96. The lowest BCUT2D eigenvalue weighted by Crippen LogP contribution is -2.51. The average Bonchev–Trinajstić information content (AvgIpc) is 2.75. The number of anilines is 1. The number of hydrogen-bond donors (Lipinski definition) is 3. The van der Waals surface area contributed by atoms with E-state index in [9.17, 15) is 14.3 Å². The number of aromatic hydroxyl groups is 1. The topological polar surface area (TPSA) is 97.6 Å². The van der Waals surface area contributed by atoms with Crippen molar-refractivity contribution in [1.82, 2.24) is 10.6 Å². The Bertz CT molecular complexity index is 944. The SMILES string of the molecule is COc1cc(CCNC(=O)NC2CCCN(c3ccc(C#N)cc3F)C2)ccc1O. The predicted octanol–water partition coefficient (Wildman–Crippen LogP) is 2.92. The number of carbonyl (C=O) groups is 1. The van der Waals surface area contributed by atoms with Gasteiger partial charge in [0.05, 0.1) is 24.4 Å². The van der Waals surface area contributed by atoms with E-state index in [0.29, 0.717) is 37.5 Å². The van der Waals surface area contributed by atoms with E-state index in [1.807, 2.05) is 11.0 Å². The Hall–Kier alpha value is -3.47. The van der Waals surface area contributed by atoms with Crippen LogP contribution in [0.25, 0.3) is 0 Å². The van der Waals surface area contributed by atoms with Crippen molar-refractivity contribution in [2.45, 2.75) is 25.3 Å². The standard InChI is InChI=1S/C22H25FN4O3/c1-30-21-12-15(5-7-20(21)28)8-9-25-22(29)26-17-3-2-10-27(14-17)19-6-4-16(13-24)11-18(19)23/h4-7,11-12,17,28H,2-3,8-10,14H2,1H3,(H2,25,26,29). The van der Waals surface area contributed by atoms with Crippen LogP contribution in [-0.2, 0) is 6.42 Å². The number of nitriles is 1. The maximum Gasteiger partial charge on any atom is 0.315 e. The summed E-state index contributed by atoms with van der Waals surface area (Å²) < 4.78 is 19.4. The Labute approximate surface area is 175 Å². The molecule has 1 aliphatic rings. The average molecular weight is 412 g/mol. The van der Waals surface area contributed by atoms with Crippen LogP contribution in [0.1, 0.15) is 24.0 Å². The maximum atomic E-state index is 14.3. The van der Waals surface area contributed by atoms with Gasteiger partial charge in [0.25, 0.3) is 0 Å². The molecule has 2 amide bonds. The largest absolute Gasteiger partial charge is 0.504 e. The van der Waals surface area contributed by atoms with Crippen LogP contribution in [0.4, 0.5) is 14.9 Å². The quantitative estimate of drug-likeness (QED) is 0.678. The molecule has 7 nitrogen and oxygen atoms in total. The van der Waals surface area contributed by atoms with Crippen molar-refractivity contribution in [2.75, 3.05) is 31.6 Å². The Morgan fingerprint density at radius 3 is 2.93 bits per heavy atom. The van der Waals surface area contributed by atoms with Crippen LogP contribution in [0.5, 0.6) is 11.5 Å². The van der Waals surface area contributed by atoms with Crippen LogP contribution in [0.3, 0.4) is 0 Å². The van der Waals surface area contributed by atoms with E-state index >= 15 is 0 Å². The van der Waals surface area contributed by atoms with Gasteiger partial charge >= 0.3 is 6.03 Å². The van der Waals surface area contributed by atoms with Gasteiger partial charge in [0, 0.05) is 25.7 Å². The normalized spacial score (nSPS) is 15.9. The smallest absolute Gasteiger partial charge is 0.315 e. The number of halogens is 1. The molecule has 1 fully saturated rings. The van der Waals surface area contributed by atoms with Crippen molar-refractivity contribution < 1.29 is 19.0 Å². The summed E-state index contributed by atoms with van der Waals surface area (Å²) in [5.74, 6) is 0.0465. The molecule has 0 aliphatic carbocycles. The van der Waals surface area contributed by atoms with Gasteiger partial charge in [-0.1, -0.05) is 6.07 Å². The number of carbonyl (C=O) groups excluding carboxylic acids is 1. The first-order valence-electron chi connectivity index (χ1n) is 9.85. The van der Waals surface area contributed by atoms with Crippen LogP contribution >= 0.6 is 0 Å². The molecule has 2 aromatic rings. The van der Waals surface area contributed by atoms with E-state index in [4.69, 9.17) is 10.00 Å². The van der Waals surface area contributed by atoms with Crippen LogP contribution in [0.15, 0.2) is 36.4 Å². The van der Waals surface area contributed by atoms with E-state index in [-0.39, 0.29) is 23.4 Å². The molecule has 0 spiro atoms. The van der Waals surface area contributed by atoms with Gasteiger partial charge in [-0.05, 0) is 55.2 Å². The number of urea groups is 1. The lowest BCUT2D eigenvalue weighted by Gasteiger charge is -2.35. The number of nitrogens with one attached hydrogen (secondary N) is 2. The summed E-state index contributed by atoms with van der Waals surface area (Å²) in [6.07, 6.45) is 2.24. The van der Waals surface area contributed by atoms with E-state index in [1.165, 1.54) is 13.2 Å². The summed E-state index contributed by atoms with van der Waals surface area (Å²) in [5, 5.41) is 24.3. The third-order valence-electron chi connectivity index (χ3n) is 5.12. The van der Waals surface area contributed by atoms with Crippen molar-refractivity contribution >= 4 is 11.7 Å². The number of rotatable bonds is 6. The molecule has 8 heteroatoms. The Balaban J connectivity index is 1.49. The van der Waals surface area contributed by atoms with Crippen molar-refractivity contribution in [3.8, 4) is 17.6 Å². The number of phenols is 1. The van der Waals surface area contributed by atoms with Crippen LogP contribution < -0.4 is 20.3 Å². The third-order valence-corrected chi connectivity index (χ3v) is 5.12. The summed E-state index contributed by atoms with van der Waals surface area (Å²) in [7, 11) is 1.49. The summed E-state index contributed by atoms with van der Waals surface area (Å²) in [6.45, 7) is 1.64. The zero-order chi connectivity index (χ0) is 21.5. The summed E-state index contributed by atoms with van der Waals surface area (Å²) in [4.78, 5) is 14.2. The molecule has 1 atom stereocenters. The number of phenolic OH excluding ortho intramolecular Hbond substituents is 1. The zero-order valence-electron chi connectivity index (χ0n) is 16.8. The summed E-state index contributed by atoms with van der Waals surface area (Å²) in [5.41, 5.74) is 1.67. The van der Waals surface area contributed by atoms with Gasteiger partial charge in [-0.25, -0.2) is 9.18 Å². The van der Waals surface area contributed by atoms with Crippen LogP contribution in [-0.4, -0.2) is 43.9 Å². The number of methoxy groups -OCH3 is 1. The molecule has 0 radical (unpaired) electrons. The van der Waals surface area contributed by atoms with Gasteiger partial charge in [0.15, 0.2) is 11.5 Å². The number of ether oxygens (including phenoxy) is 1. The molecule has 30 heavy (non-hydrogen) atoms. The number of amides is 2. The molecule has 3 N–H and O–H groups in total. The highest BCUT2D eigenvalue weighted by molar-refractivity contribution is 5.74. The van der Waals surface area contributed by atoms with Crippen molar-refractivity contribution in [1.29, 1.82) is 5.26 Å². The van der Waals surface area contributed by atoms with Crippen molar-refractivity contribution in [3.63, 3.8) is 0 Å². The molecule has 1 unspecified atom stereocenters. The van der Waals surface area contributed by atoms with Crippen LogP contribution in [0.2, 0.25) is 0 Å². The maximum absolute atomic E-state index is 14.3. The van der Waals surface area contributed by atoms with Gasteiger partial charge in [-0.15, -0.1) is 0 Å². The molecule has 1 aliphatic heterocycles. The first kappa shape index (κ1) is 21.2. The van der Waals surface area contributed by atoms with Gasteiger partial charge < -0.3 is 25.4 Å². The number of nitrogens with zero attached hydrogens (tertiary/aromatic N) is 2. The lowest BCUT2D eigenvalue weighted by molar-refractivity contribution is 0.235. The van der Waals surface area contributed by atoms with E-state index in [0.717, 1.165) is 18.4 Å². The molecular formula is C22H25FN4O3. The Morgan fingerprint density at radius 2 is 2.20 bits per heavy atom. The highest BCUT2D eigenvalue weighted by atomic mass is 19.1. The van der Waals surface area contributed by atoms with Crippen molar-refractivity contribution in [3.05, 3.63) is 53.3 Å². The highest BCUT2D eigenvalue weighted by Gasteiger charge is 2.23. The molecule has 0 aromatic heterocycles. The fourth-order valence-corrected chi connectivity index (χ4v) is 3.58. The fraction of sp³-hybridized carbons (Fsp3) is 0.364.